The molecule has 1 rings (SSSR count). The summed E-state index contributed by atoms with van der Waals surface area (Å²) in [4.78, 5) is 0. The van der Waals surface area contributed by atoms with Crippen molar-refractivity contribution in [2.24, 2.45) is 5.92 Å². The maximum Gasteiger partial charge on any atom is 0.453 e. The van der Waals surface area contributed by atoms with E-state index < -0.39 is 21.9 Å². The quantitative estimate of drug-likeness (QED) is 0.385. The van der Waals surface area contributed by atoms with Crippen LogP contribution in [0, 0.1) is 5.92 Å². The zero-order valence-electron chi connectivity index (χ0n) is 7.25. The van der Waals surface area contributed by atoms with E-state index >= 15 is 0 Å². The molecule has 0 N–H and O–H groups in total. The molecule has 1 aliphatic rings. The first-order valence-corrected chi connectivity index (χ1v) is 5.60. The first-order valence-electron chi connectivity index (χ1n) is 4.35. The third-order valence-electron chi connectivity index (χ3n) is 2.53. The molecule has 0 aromatic rings. The van der Waals surface area contributed by atoms with Crippen LogP contribution in [0.5, 0.6) is 0 Å². The maximum atomic E-state index is 12.9. The Hall–Kier alpha value is 0.380. The monoisotopic (exact) mass is 328 g/mol. The van der Waals surface area contributed by atoms with Gasteiger partial charge < -0.3 is 0 Å². The van der Waals surface area contributed by atoms with Crippen molar-refractivity contribution in [3.63, 3.8) is 0 Å². The molecule has 1 aliphatic carbocycles. The third kappa shape index (κ3) is 2.30. The molecule has 0 saturated heterocycles. The van der Waals surface area contributed by atoms with Gasteiger partial charge in [-0.15, -0.1) is 0 Å². The zero-order valence-corrected chi connectivity index (χ0v) is 9.41. The molecule has 0 heterocycles. The Balaban J connectivity index is 2.79. The van der Waals surface area contributed by atoms with Gasteiger partial charge in [-0.05, 0) is 12.8 Å². The lowest BCUT2D eigenvalue weighted by molar-refractivity contribution is -0.304. The van der Waals surface area contributed by atoms with Crippen molar-refractivity contribution in [2.75, 3.05) is 0 Å². The fraction of sp³-hybridized carbons (Fsp3) is 1.00. The fourth-order valence-corrected chi connectivity index (χ4v) is 2.96. The van der Waals surface area contributed by atoms with Gasteiger partial charge in [0, 0.05) is 9.84 Å². The van der Waals surface area contributed by atoms with E-state index in [1.165, 1.54) is 0 Å². The highest BCUT2D eigenvalue weighted by molar-refractivity contribution is 14.1. The summed E-state index contributed by atoms with van der Waals surface area (Å²) in [6.45, 7) is 0. The summed E-state index contributed by atoms with van der Waals surface area (Å²) in [5, 5.41) is 0. The maximum absolute atomic E-state index is 12.9. The number of rotatable bonds is 1. The molecule has 2 atom stereocenters. The normalized spacial score (nSPS) is 30.4. The molecule has 0 unspecified atom stereocenters. The lowest BCUT2D eigenvalue weighted by Gasteiger charge is -2.34. The van der Waals surface area contributed by atoms with Gasteiger partial charge in [0.2, 0.25) is 0 Å². The van der Waals surface area contributed by atoms with Gasteiger partial charge in [0.15, 0.2) is 0 Å². The summed E-state index contributed by atoms with van der Waals surface area (Å²) >= 11 is 1.70. The van der Waals surface area contributed by atoms with Gasteiger partial charge in [-0.2, -0.15) is 22.0 Å². The highest BCUT2D eigenvalue weighted by Gasteiger charge is 2.63. The Labute approximate surface area is 92.4 Å². The van der Waals surface area contributed by atoms with Crippen molar-refractivity contribution in [3.05, 3.63) is 0 Å². The van der Waals surface area contributed by atoms with Gasteiger partial charge in [-0.1, -0.05) is 35.4 Å². The Morgan fingerprint density at radius 1 is 0.929 bits per heavy atom. The number of alkyl halides is 6. The molecule has 0 aromatic carbocycles. The highest BCUT2D eigenvalue weighted by atomic mass is 127. The molecule has 0 radical (unpaired) electrons. The van der Waals surface area contributed by atoms with Crippen LogP contribution in [0.3, 0.4) is 0 Å². The average molecular weight is 328 g/mol. The van der Waals surface area contributed by atoms with Gasteiger partial charge >= 0.3 is 12.1 Å². The van der Waals surface area contributed by atoms with Crippen LogP contribution in [0.2, 0.25) is 0 Å². The van der Waals surface area contributed by atoms with E-state index in [9.17, 15) is 22.0 Å². The van der Waals surface area contributed by atoms with Crippen LogP contribution in [-0.2, 0) is 0 Å². The fourth-order valence-electron chi connectivity index (χ4n) is 1.70. The second-order valence-corrected chi connectivity index (χ2v) is 5.13. The summed E-state index contributed by atoms with van der Waals surface area (Å²) in [5.74, 6) is -6.07. The number of hydrogen-bond acceptors (Lipinski definition) is 0. The minimum Gasteiger partial charge on any atom is -0.196 e. The van der Waals surface area contributed by atoms with E-state index in [2.05, 4.69) is 0 Å². The summed E-state index contributed by atoms with van der Waals surface area (Å²) < 4.78 is 61.4. The first-order chi connectivity index (χ1) is 6.27. The second-order valence-electron chi connectivity index (χ2n) is 3.53. The highest BCUT2D eigenvalue weighted by Crippen LogP contribution is 2.48. The molecule has 6 heteroatoms. The largest absolute Gasteiger partial charge is 0.453 e. The molecular weight excluding hydrogens is 318 g/mol. The minimum absolute atomic E-state index is 0.0277. The zero-order chi connectivity index (χ0) is 11.0. The van der Waals surface area contributed by atoms with Crippen LogP contribution >= 0.6 is 22.6 Å². The number of hydrogen-bond donors (Lipinski definition) is 0. The van der Waals surface area contributed by atoms with Gasteiger partial charge in [-0.25, -0.2) is 0 Å². The smallest absolute Gasteiger partial charge is 0.196 e. The molecular formula is C8H10F5I. The minimum atomic E-state index is -5.40. The predicted molar refractivity (Wildman–Crippen MR) is 50.8 cm³/mol. The molecule has 84 valence electrons. The molecule has 0 amide bonds. The topological polar surface area (TPSA) is 0 Å². The van der Waals surface area contributed by atoms with Crippen molar-refractivity contribution in [1.82, 2.24) is 0 Å². The Bertz CT molecular complexity index is 200. The van der Waals surface area contributed by atoms with Gasteiger partial charge in [0.05, 0.1) is 0 Å². The van der Waals surface area contributed by atoms with Crippen LogP contribution in [0.25, 0.3) is 0 Å². The van der Waals surface area contributed by atoms with Gasteiger partial charge in [0.1, 0.15) is 0 Å². The van der Waals surface area contributed by atoms with E-state index in [1.807, 2.05) is 0 Å². The van der Waals surface area contributed by atoms with E-state index in [-0.39, 0.29) is 6.42 Å². The Morgan fingerprint density at radius 2 is 1.43 bits per heavy atom. The second kappa shape index (κ2) is 4.09. The van der Waals surface area contributed by atoms with Gasteiger partial charge in [-0.3, -0.25) is 0 Å². The molecule has 0 spiro atoms. The summed E-state index contributed by atoms with van der Waals surface area (Å²) in [6.07, 6.45) is -3.76. The van der Waals surface area contributed by atoms with Crippen molar-refractivity contribution in [3.8, 4) is 0 Å². The van der Waals surface area contributed by atoms with Crippen LogP contribution < -0.4 is 0 Å². The Morgan fingerprint density at radius 3 is 1.86 bits per heavy atom. The van der Waals surface area contributed by atoms with Crippen molar-refractivity contribution < 1.29 is 22.0 Å². The van der Waals surface area contributed by atoms with E-state index in [1.54, 1.807) is 22.6 Å². The molecule has 0 bridgehead atoms. The van der Waals surface area contributed by atoms with Crippen LogP contribution in [0.15, 0.2) is 0 Å². The summed E-state index contributed by atoms with van der Waals surface area (Å²) in [7, 11) is 0. The van der Waals surface area contributed by atoms with E-state index in [0.717, 1.165) is 6.42 Å². The average Bonchev–Trinajstić information content (AvgIpc) is 2.02. The van der Waals surface area contributed by atoms with Crippen LogP contribution in [0.1, 0.15) is 25.7 Å². The lowest BCUT2D eigenvalue weighted by Crippen LogP contribution is -2.47. The van der Waals surface area contributed by atoms with Crippen molar-refractivity contribution in [1.29, 1.82) is 0 Å². The van der Waals surface area contributed by atoms with Crippen LogP contribution in [0.4, 0.5) is 22.0 Å². The lowest BCUT2D eigenvalue weighted by atomic mass is 9.84. The van der Waals surface area contributed by atoms with E-state index in [0.29, 0.717) is 12.8 Å². The molecule has 0 aliphatic heterocycles. The predicted octanol–water partition coefficient (Wildman–Crippen LogP) is 4.18. The van der Waals surface area contributed by atoms with E-state index in [4.69, 9.17) is 0 Å². The molecule has 0 nitrogen and oxygen atoms in total. The summed E-state index contributed by atoms with van der Waals surface area (Å²) in [6, 6.07) is 0. The standard InChI is InChI=1S/C8H10F5I/c9-7(10,8(11,12)13)5-3-1-2-4-6(5)14/h5-6H,1-4H2/t5-,6-/m1/s1. The summed E-state index contributed by atoms with van der Waals surface area (Å²) in [5.41, 5.74) is 0. The number of halogens is 6. The first kappa shape index (κ1) is 12.4. The molecule has 0 aromatic heterocycles. The SMILES string of the molecule is FC(F)(F)C(F)(F)[C@@H]1CCCC[C@H]1I. The van der Waals surface area contributed by atoms with Crippen molar-refractivity contribution >= 4 is 22.6 Å². The third-order valence-corrected chi connectivity index (χ3v) is 4.02. The van der Waals surface area contributed by atoms with Crippen molar-refractivity contribution in [2.45, 2.75) is 41.7 Å². The molecule has 14 heavy (non-hydrogen) atoms. The van der Waals surface area contributed by atoms with Gasteiger partial charge in [0.25, 0.3) is 0 Å². The molecule has 1 fully saturated rings. The molecule has 1 saturated carbocycles. The Kier molecular flexibility index (Phi) is 3.64. The van der Waals surface area contributed by atoms with Crippen LogP contribution in [-0.4, -0.2) is 16.0 Å².